The molecule has 4 heteroatoms. The molecule has 1 N–H and O–H groups in total. The van der Waals surface area contributed by atoms with Crippen LogP contribution >= 0.6 is 0 Å². The van der Waals surface area contributed by atoms with E-state index in [-0.39, 0.29) is 22.5 Å². The zero-order chi connectivity index (χ0) is 16.8. The van der Waals surface area contributed by atoms with E-state index in [9.17, 15) is 4.79 Å². The largest absolute Gasteiger partial charge is 0.475 e. The van der Waals surface area contributed by atoms with E-state index in [1.54, 1.807) is 6.08 Å². The van der Waals surface area contributed by atoms with Crippen molar-refractivity contribution in [1.82, 2.24) is 0 Å². The molecule has 0 unspecified atom stereocenters. The van der Waals surface area contributed by atoms with E-state index in [0.717, 1.165) is 6.42 Å². The van der Waals surface area contributed by atoms with Crippen LogP contribution in [0.2, 0.25) is 0 Å². The van der Waals surface area contributed by atoms with Gasteiger partial charge in [-0.2, -0.15) is 0 Å². The average molecular weight is 379 g/mol. The molecule has 0 saturated carbocycles. The molecule has 0 aromatic carbocycles. The van der Waals surface area contributed by atoms with Gasteiger partial charge in [0.05, 0.1) is 0 Å². The van der Waals surface area contributed by atoms with Crippen LogP contribution in [-0.4, -0.2) is 11.1 Å². The Morgan fingerprint density at radius 2 is 1.46 bits per heavy atom. The Hall–Kier alpha value is -1.00. The summed E-state index contributed by atoms with van der Waals surface area (Å²) in [6.07, 6.45) is 23.8. The van der Waals surface area contributed by atoms with Crippen molar-refractivity contribution in [2.75, 3.05) is 0 Å². The van der Waals surface area contributed by atoms with E-state index >= 15 is 0 Å². The summed E-state index contributed by atoms with van der Waals surface area (Å²) in [6.45, 7) is 2.26. The number of hydrogen-bond donors (Lipinski definition) is 1. The van der Waals surface area contributed by atoms with Crippen LogP contribution in [0.1, 0.15) is 84.0 Å². The first-order valence-corrected chi connectivity index (χ1v) is 9.24. The van der Waals surface area contributed by atoms with Gasteiger partial charge in [0.25, 0.3) is 5.76 Å². The molecule has 0 saturated heterocycles. The Morgan fingerprint density at radius 1 is 0.917 bits per heavy atom. The van der Waals surface area contributed by atoms with E-state index in [1.165, 1.54) is 70.6 Å². The van der Waals surface area contributed by atoms with Crippen LogP contribution in [-0.2, 0) is 26.3 Å². The second-order valence-corrected chi connectivity index (χ2v) is 6.21. The summed E-state index contributed by atoms with van der Waals surface area (Å²) >= 11 is 0. The van der Waals surface area contributed by atoms with Gasteiger partial charge in [-0.15, -0.1) is 0 Å². The number of allylic oxidation sites excluding steroid dienone is 4. The maximum absolute atomic E-state index is 10.5. The fourth-order valence-electron chi connectivity index (χ4n) is 2.59. The summed E-state index contributed by atoms with van der Waals surface area (Å²) in [5.74, 6) is -0.452. The summed E-state index contributed by atoms with van der Waals surface area (Å²) in [4.78, 5) is 10.5. The molecule has 1 radical (unpaired) electrons. The second kappa shape index (κ2) is 15.5. The third-order valence-corrected chi connectivity index (χ3v) is 4.06. The fraction of sp³-hybridized carbons (Fsp3) is 0.650. The molecule has 0 aromatic heterocycles. The molecule has 0 fully saturated rings. The van der Waals surface area contributed by atoms with Crippen molar-refractivity contribution in [3.05, 3.63) is 35.8 Å². The van der Waals surface area contributed by atoms with E-state index in [0.29, 0.717) is 5.76 Å². The van der Waals surface area contributed by atoms with Crippen LogP contribution in [0.25, 0.3) is 0 Å². The first-order valence-electron chi connectivity index (χ1n) is 9.24. The summed E-state index contributed by atoms with van der Waals surface area (Å²) in [5.41, 5.74) is 0. The Balaban J connectivity index is 0.00000529. The van der Waals surface area contributed by atoms with Gasteiger partial charge in [0, 0.05) is 16.8 Å². The van der Waals surface area contributed by atoms with E-state index in [2.05, 4.69) is 13.0 Å². The molecule has 1 rings (SSSR count). The first-order chi connectivity index (χ1) is 11.3. The topological polar surface area (TPSA) is 49.8 Å². The Morgan fingerprint density at radius 3 is 1.96 bits per heavy atom. The van der Waals surface area contributed by atoms with E-state index in [1.807, 2.05) is 12.2 Å². The van der Waals surface area contributed by atoms with Gasteiger partial charge in [-0.1, -0.05) is 89.4 Å². The molecule has 24 heavy (non-hydrogen) atoms. The number of ether oxygens (including phenoxy) is 1. The number of carboxylic acid groups (broad SMARTS) is 1. The van der Waals surface area contributed by atoms with Crippen molar-refractivity contribution in [2.24, 2.45) is 0 Å². The second-order valence-electron chi connectivity index (χ2n) is 6.21. The Bertz CT molecular complexity index is 425. The zero-order valence-corrected chi connectivity index (χ0v) is 15.9. The first kappa shape index (κ1) is 23.0. The average Bonchev–Trinajstić information content (AvgIpc) is 3.31. The third-order valence-electron chi connectivity index (χ3n) is 4.06. The number of hydrogen-bond acceptors (Lipinski definition) is 2. The van der Waals surface area contributed by atoms with Gasteiger partial charge in [0.2, 0.25) is 0 Å². The molecule has 0 spiro atoms. The number of rotatable bonds is 15. The molecule has 1 aliphatic rings. The van der Waals surface area contributed by atoms with Gasteiger partial charge < -0.3 is 9.84 Å². The van der Waals surface area contributed by atoms with E-state index in [4.69, 9.17) is 9.84 Å². The quantitative estimate of drug-likeness (QED) is 0.275. The van der Waals surface area contributed by atoms with Crippen molar-refractivity contribution >= 4 is 5.97 Å². The fourth-order valence-corrected chi connectivity index (χ4v) is 2.59. The van der Waals surface area contributed by atoms with Crippen LogP contribution in [0, 0.1) is 0 Å². The third kappa shape index (κ3) is 12.4. The maximum Gasteiger partial charge on any atom is 0.375 e. The molecular weight excluding hydrogens is 347 g/mol. The summed E-state index contributed by atoms with van der Waals surface area (Å²) in [7, 11) is 0. The minimum Gasteiger partial charge on any atom is -0.475 e. The van der Waals surface area contributed by atoms with Crippen molar-refractivity contribution < 1.29 is 31.4 Å². The van der Waals surface area contributed by atoms with Crippen LogP contribution in [0.3, 0.4) is 0 Å². The molecule has 0 aliphatic carbocycles. The van der Waals surface area contributed by atoms with Crippen LogP contribution in [0.5, 0.6) is 0 Å². The SMILES string of the molecule is CCCCCCCCCCCCCC=CC=CC1=C(C(=O)O)O1.[Co]. The van der Waals surface area contributed by atoms with Gasteiger partial charge in [0.1, 0.15) is 0 Å². The smallest absolute Gasteiger partial charge is 0.375 e. The Labute approximate surface area is 157 Å². The van der Waals surface area contributed by atoms with Gasteiger partial charge in [-0.25, -0.2) is 4.79 Å². The van der Waals surface area contributed by atoms with Crippen molar-refractivity contribution in [3.8, 4) is 0 Å². The van der Waals surface area contributed by atoms with Crippen LogP contribution in [0.4, 0.5) is 0 Å². The standard InChI is InChI=1S/C20H32O3.Co/c1-2-3-4-5-6-7-8-9-10-11-12-13-14-15-16-17-18-19(23-18)20(21)22;/h14-17H,2-13H2,1H3,(H,21,22);. The van der Waals surface area contributed by atoms with Crippen LogP contribution in [0.15, 0.2) is 35.8 Å². The molecule has 139 valence electrons. The molecular formula is C20H32CoO3. The summed E-state index contributed by atoms with van der Waals surface area (Å²) in [5, 5.41) is 8.61. The molecule has 0 atom stereocenters. The number of carboxylic acids is 1. The van der Waals surface area contributed by atoms with Gasteiger partial charge in [-0.05, 0) is 18.9 Å². The van der Waals surface area contributed by atoms with Crippen molar-refractivity contribution in [2.45, 2.75) is 84.0 Å². The zero-order valence-electron chi connectivity index (χ0n) is 14.9. The molecule has 1 heterocycles. The van der Waals surface area contributed by atoms with Crippen molar-refractivity contribution in [1.29, 1.82) is 0 Å². The Kier molecular flexibility index (Phi) is 14.9. The maximum atomic E-state index is 10.5. The monoisotopic (exact) mass is 379 g/mol. The number of carbonyl (C=O) groups is 1. The molecule has 0 bridgehead atoms. The van der Waals surface area contributed by atoms with Crippen molar-refractivity contribution in [3.63, 3.8) is 0 Å². The molecule has 3 nitrogen and oxygen atoms in total. The molecule has 1 aliphatic heterocycles. The number of aliphatic carboxylic acids is 1. The predicted octanol–water partition coefficient (Wildman–Crippen LogP) is 6.12. The minimum absolute atomic E-state index is 0. The molecule has 0 aromatic rings. The van der Waals surface area contributed by atoms with Gasteiger partial charge in [0.15, 0.2) is 5.76 Å². The summed E-state index contributed by atoms with van der Waals surface area (Å²) < 4.78 is 4.81. The number of unbranched alkanes of at least 4 members (excludes halogenated alkanes) is 11. The minimum atomic E-state index is -0.991. The van der Waals surface area contributed by atoms with Gasteiger partial charge in [-0.3, -0.25) is 0 Å². The van der Waals surface area contributed by atoms with Gasteiger partial charge >= 0.3 is 5.97 Å². The molecule has 0 amide bonds. The van der Waals surface area contributed by atoms with Crippen LogP contribution < -0.4 is 0 Å². The predicted molar refractivity (Wildman–Crippen MR) is 95.1 cm³/mol. The van der Waals surface area contributed by atoms with E-state index < -0.39 is 5.97 Å². The normalized spacial score (nSPS) is 13.4. The summed E-state index contributed by atoms with van der Waals surface area (Å²) in [6, 6.07) is 0.